The number of rotatable bonds is 7. The lowest BCUT2D eigenvalue weighted by Gasteiger charge is -2.21. The van der Waals surface area contributed by atoms with E-state index < -0.39 is 0 Å². The van der Waals surface area contributed by atoms with Gasteiger partial charge in [-0.2, -0.15) is 47.4 Å². The van der Waals surface area contributed by atoms with E-state index in [2.05, 4.69) is 63.8 Å². The maximum Gasteiger partial charge on any atom is 0.0998 e. The summed E-state index contributed by atoms with van der Waals surface area (Å²) in [6.45, 7) is 1.90. The van der Waals surface area contributed by atoms with E-state index in [0.717, 1.165) is 21.5 Å². The van der Waals surface area contributed by atoms with Crippen LogP contribution < -0.4 is 0 Å². The lowest BCUT2D eigenvalue weighted by Crippen LogP contribution is -2.06. The monoisotopic (exact) mass is 1030 g/mol. The normalized spacial score (nSPS) is 10.7. The molecule has 12 nitrogen and oxygen atoms in total. The van der Waals surface area contributed by atoms with Crippen molar-refractivity contribution in [2.75, 3.05) is 0 Å². The van der Waals surface area contributed by atoms with Crippen molar-refractivity contribution in [3.05, 3.63) is 232 Å². The topological polar surface area (TPSA) is 237 Å². The van der Waals surface area contributed by atoms with Gasteiger partial charge in [0.05, 0.1) is 144 Å². The zero-order valence-electron chi connectivity index (χ0n) is 42.6. The second-order valence-corrected chi connectivity index (χ2v) is 19.2. The van der Waals surface area contributed by atoms with E-state index in [1.54, 1.807) is 72.8 Å². The molecule has 0 radical (unpaired) electrons. The Labute approximate surface area is 463 Å². The number of hydrogen-bond donors (Lipinski definition) is 0. The number of aryl methyl sites for hydroxylation is 1. The van der Waals surface area contributed by atoms with Gasteiger partial charge in [-0.3, -0.25) is 4.98 Å². The van der Waals surface area contributed by atoms with Gasteiger partial charge in [0.1, 0.15) is 0 Å². The summed E-state index contributed by atoms with van der Waals surface area (Å²) in [7, 11) is 0. The van der Waals surface area contributed by atoms with Crippen molar-refractivity contribution in [1.29, 1.82) is 47.4 Å². The number of benzene rings is 9. The minimum Gasteiger partial charge on any atom is -0.308 e. The number of aromatic nitrogens is 3. The van der Waals surface area contributed by atoms with E-state index >= 15 is 0 Å². The number of fused-ring (bicyclic) bond motifs is 6. The minimum atomic E-state index is 0.274. The molecule has 9 aromatic carbocycles. The first-order valence-corrected chi connectivity index (χ1v) is 25.1. The summed E-state index contributed by atoms with van der Waals surface area (Å²) in [4.78, 5) is 5.22. The van der Waals surface area contributed by atoms with Gasteiger partial charge >= 0.3 is 0 Å². The van der Waals surface area contributed by atoms with Gasteiger partial charge in [0.2, 0.25) is 0 Å². The summed E-state index contributed by atoms with van der Waals surface area (Å²) in [6.07, 6.45) is 0. The Balaban J connectivity index is 1.26. The molecule has 0 bridgehead atoms. The van der Waals surface area contributed by atoms with Gasteiger partial charge in [0, 0.05) is 32.8 Å². The zero-order chi connectivity index (χ0) is 56.1. The van der Waals surface area contributed by atoms with Crippen LogP contribution in [0.3, 0.4) is 0 Å². The summed E-state index contributed by atoms with van der Waals surface area (Å²) in [6, 6.07) is 73.1. The zero-order valence-corrected chi connectivity index (χ0v) is 42.6. The predicted octanol–water partition coefficient (Wildman–Crippen LogP) is 14.8. The van der Waals surface area contributed by atoms with Crippen LogP contribution in [-0.2, 0) is 0 Å². The molecule has 0 saturated carbocycles. The molecule has 0 unspecified atom stereocenters. The molecule has 81 heavy (non-hydrogen) atoms. The molecule has 0 saturated heterocycles. The summed E-state index contributed by atoms with van der Waals surface area (Å²) >= 11 is 0. The molecule has 368 valence electrons. The van der Waals surface area contributed by atoms with Crippen LogP contribution in [-0.4, -0.2) is 14.1 Å². The first-order chi connectivity index (χ1) is 39.6. The maximum absolute atomic E-state index is 11.3. The standard InChI is InChI=1S/C69H32N12/c1-40-3-2-4-62(79-40)69-67(80-63-27-46(54-13-5-41(31-70)21-50(54)36-75)9-17-58(63)59-18-10-47(28-64(59)80)55-14-6-42(32-71)22-51(55)37-76)25-45(35-74)26-68(69)81-65-29-48(56-15-7-43(33-72)23-52(56)38-77)11-19-60(65)61-20-12-49(30-66(61)81)57-16-8-44(34-73)24-53(57)39-78/h2-30H,1H3. The first-order valence-electron chi connectivity index (χ1n) is 25.1. The van der Waals surface area contributed by atoms with E-state index in [0.29, 0.717) is 139 Å². The van der Waals surface area contributed by atoms with Crippen LogP contribution in [0.1, 0.15) is 55.8 Å². The maximum atomic E-state index is 11.3. The Morgan fingerprint density at radius 2 is 0.617 bits per heavy atom. The van der Waals surface area contributed by atoms with Crippen LogP contribution in [0.5, 0.6) is 0 Å². The fraction of sp³-hybridized carbons (Fsp3) is 0.0145. The highest BCUT2D eigenvalue weighted by molar-refractivity contribution is 6.14. The second kappa shape index (κ2) is 19.7. The average molecular weight is 1030 g/mol. The van der Waals surface area contributed by atoms with Crippen LogP contribution in [0.4, 0.5) is 0 Å². The van der Waals surface area contributed by atoms with Gasteiger partial charge in [0.15, 0.2) is 0 Å². The van der Waals surface area contributed by atoms with Crippen molar-refractivity contribution in [3.63, 3.8) is 0 Å². The Bertz CT molecular complexity index is 4640. The Kier molecular flexibility index (Phi) is 11.9. The number of nitrogens with zero attached hydrogens (tertiary/aromatic N) is 12. The Morgan fingerprint density at radius 3 is 0.889 bits per heavy atom. The summed E-state index contributed by atoms with van der Waals surface area (Å²) < 4.78 is 4.15. The van der Waals surface area contributed by atoms with Gasteiger partial charge in [-0.15, -0.1) is 0 Å². The Hall–Kier alpha value is -12.9. The lowest BCUT2D eigenvalue weighted by molar-refractivity contribution is 1.11. The van der Waals surface area contributed by atoms with Gasteiger partial charge in [-0.05, 0) is 148 Å². The molecule has 0 fully saturated rings. The van der Waals surface area contributed by atoms with E-state index in [9.17, 15) is 47.4 Å². The van der Waals surface area contributed by atoms with Crippen molar-refractivity contribution >= 4 is 43.6 Å². The highest BCUT2D eigenvalue weighted by atomic mass is 15.0. The quantitative estimate of drug-likeness (QED) is 0.146. The predicted molar refractivity (Wildman–Crippen MR) is 307 cm³/mol. The molecular formula is C69H32N12. The van der Waals surface area contributed by atoms with Crippen LogP contribution in [0.25, 0.3) is 111 Å². The second-order valence-electron chi connectivity index (χ2n) is 19.2. The van der Waals surface area contributed by atoms with Crippen molar-refractivity contribution in [2.24, 2.45) is 0 Å². The van der Waals surface area contributed by atoms with Crippen molar-refractivity contribution < 1.29 is 0 Å². The molecule has 0 amide bonds. The third-order valence-electron chi connectivity index (χ3n) is 14.7. The fourth-order valence-electron chi connectivity index (χ4n) is 11.0. The van der Waals surface area contributed by atoms with Gasteiger partial charge in [0.25, 0.3) is 0 Å². The average Bonchev–Trinajstić information content (AvgIpc) is 4.27. The van der Waals surface area contributed by atoms with E-state index in [-0.39, 0.29) is 5.56 Å². The first kappa shape index (κ1) is 49.0. The Morgan fingerprint density at radius 1 is 0.309 bits per heavy atom. The smallest absolute Gasteiger partial charge is 0.0998 e. The third kappa shape index (κ3) is 8.13. The summed E-state index contributed by atoms with van der Waals surface area (Å²) in [5.74, 6) is 0. The largest absolute Gasteiger partial charge is 0.308 e. The minimum absolute atomic E-state index is 0.274. The summed E-state index contributed by atoms with van der Waals surface area (Å²) in [5, 5.41) is 95.6. The van der Waals surface area contributed by atoms with Gasteiger partial charge in [-0.1, -0.05) is 78.9 Å². The number of hydrogen-bond acceptors (Lipinski definition) is 10. The highest BCUT2D eigenvalue weighted by Gasteiger charge is 2.26. The highest BCUT2D eigenvalue weighted by Crippen LogP contribution is 2.46. The molecule has 12 aromatic rings. The van der Waals surface area contributed by atoms with E-state index in [4.69, 9.17) is 4.98 Å². The molecule has 0 aliphatic carbocycles. The number of nitriles is 9. The third-order valence-corrected chi connectivity index (χ3v) is 14.7. The lowest BCUT2D eigenvalue weighted by atomic mass is 9.96. The summed E-state index contributed by atoms with van der Waals surface area (Å²) in [5.41, 5.74) is 13.6. The number of pyridine rings is 1. The molecular weight excluding hydrogens is 997 g/mol. The van der Waals surface area contributed by atoms with Crippen molar-refractivity contribution in [2.45, 2.75) is 6.92 Å². The van der Waals surface area contributed by atoms with Crippen LogP contribution in [0.15, 0.2) is 176 Å². The molecule has 0 N–H and O–H groups in total. The molecule has 12 rings (SSSR count). The van der Waals surface area contributed by atoms with Crippen molar-refractivity contribution in [3.8, 4) is 122 Å². The van der Waals surface area contributed by atoms with Gasteiger partial charge < -0.3 is 9.13 Å². The van der Waals surface area contributed by atoms with Crippen molar-refractivity contribution in [1.82, 2.24) is 14.1 Å². The van der Waals surface area contributed by atoms with Crippen LogP contribution >= 0.6 is 0 Å². The molecule has 0 atom stereocenters. The van der Waals surface area contributed by atoms with Crippen LogP contribution in [0.2, 0.25) is 0 Å². The van der Waals surface area contributed by atoms with Gasteiger partial charge in [-0.25, -0.2) is 0 Å². The van der Waals surface area contributed by atoms with E-state index in [1.165, 1.54) is 0 Å². The molecule has 0 spiro atoms. The molecule has 3 heterocycles. The molecule has 3 aromatic heterocycles. The molecule has 0 aliphatic heterocycles. The fourth-order valence-corrected chi connectivity index (χ4v) is 11.0. The molecule has 0 aliphatic rings. The SMILES string of the molecule is Cc1cccc(-c2c(-n3c4cc(-c5ccc(C#N)cc5C#N)ccc4c4ccc(-c5ccc(C#N)cc5C#N)cc43)cc(C#N)cc2-n2c3cc(-c4ccc(C#N)cc4C#N)ccc3c3ccc(-c4ccc(C#N)cc4C#N)cc32)n1. The van der Waals surface area contributed by atoms with Crippen LogP contribution in [0, 0.1) is 109 Å². The molecule has 12 heteroatoms. The van der Waals surface area contributed by atoms with E-state index in [1.807, 2.05) is 110 Å².